The fourth-order valence-electron chi connectivity index (χ4n) is 3.26. The Morgan fingerprint density at radius 1 is 1.09 bits per heavy atom. The van der Waals surface area contributed by atoms with Crippen LogP contribution in [0.2, 0.25) is 0 Å². The lowest BCUT2D eigenvalue weighted by Gasteiger charge is -2.23. The molecule has 0 fully saturated rings. The molecule has 4 heteroatoms. The van der Waals surface area contributed by atoms with Gasteiger partial charge in [0.1, 0.15) is 17.6 Å². The lowest BCUT2D eigenvalue weighted by atomic mass is 9.89. The van der Waals surface area contributed by atoms with Gasteiger partial charge in [-0.2, -0.15) is 0 Å². The van der Waals surface area contributed by atoms with Crippen LogP contribution in [0.4, 0.5) is 11.4 Å². The highest BCUT2D eigenvalue weighted by atomic mass is 16.3. The lowest BCUT2D eigenvalue weighted by Crippen LogP contribution is -2.23. The highest BCUT2D eigenvalue weighted by Gasteiger charge is 2.33. The number of hydrogen-bond donors (Lipinski definition) is 2. The van der Waals surface area contributed by atoms with Crippen LogP contribution >= 0.6 is 0 Å². The zero-order valence-corrected chi connectivity index (χ0v) is 12.5. The molecule has 0 radical (unpaired) electrons. The maximum atomic E-state index is 12.5. The van der Waals surface area contributed by atoms with E-state index in [-0.39, 0.29) is 11.8 Å². The number of para-hydroxylation sites is 2. The predicted molar refractivity (Wildman–Crippen MR) is 85.8 cm³/mol. The Labute approximate surface area is 129 Å². The third-order valence-electron chi connectivity index (χ3n) is 4.30. The summed E-state index contributed by atoms with van der Waals surface area (Å²) in [6.45, 7) is 1.92. The van der Waals surface area contributed by atoms with Crippen LogP contribution in [0.3, 0.4) is 0 Å². The predicted octanol–water partition coefficient (Wildman–Crippen LogP) is 4.17. The largest absolute Gasteiger partial charge is 0.464 e. The summed E-state index contributed by atoms with van der Waals surface area (Å²) in [5, 5.41) is 6.94. The minimum absolute atomic E-state index is 0.202. The van der Waals surface area contributed by atoms with E-state index in [1.54, 1.807) is 0 Å². The monoisotopic (exact) mass is 294 g/mol. The molecule has 0 spiro atoms. The molecule has 1 unspecified atom stereocenters. The molecule has 0 saturated carbocycles. The highest BCUT2D eigenvalue weighted by Crippen LogP contribution is 2.40. The zero-order valence-electron chi connectivity index (χ0n) is 12.5. The SMILES string of the molecule is Cc1ccc(C2Nc3ccccc3NC3=C2C(=O)CCC3)o1. The molecule has 2 N–H and O–H groups in total. The van der Waals surface area contributed by atoms with Crippen LogP contribution in [0.1, 0.15) is 36.8 Å². The number of furan rings is 1. The summed E-state index contributed by atoms with van der Waals surface area (Å²) in [6.07, 6.45) is 2.40. The first-order valence-corrected chi connectivity index (χ1v) is 7.67. The molecule has 0 bridgehead atoms. The third-order valence-corrected chi connectivity index (χ3v) is 4.30. The average molecular weight is 294 g/mol. The maximum absolute atomic E-state index is 12.5. The number of nitrogens with one attached hydrogen (secondary N) is 2. The van der Waals surface area contributed by atoms with E-state index in [0.717, 1.165) is 47.0 Å². The molecule has 2 aromatic rings. The molecule has 1 aromatic carbocycles. The van der Waals surface area contributed by atoms with E-state index < -0.39 is 0 Å². The molecule has 1 aromatic heterocycles. The van der Waals surface area contributed by atoms with Crippen molar-refractivity contribution in [3.63, 3.8) is 0 Å². The van der Waals surface area contributed by atoms with E-state index in [4.69, 9.17) is 4.42 Å². The number of aryl methyl sites for hydroxylation is 1. The fraction of sp³-hybridized carbons (Fsp3) is 0.278. The number of anilines is 2. The van der Waals surface area contributed by atoms with Gasteiger partial charge in [-0.15, -0.1) is 0 Å². The molecule has 0 amide bonds. The Morgan fingerprint density at radius 2 is 1.91 bits per heavy atom. The first-order chi connectivity index (χ1) is 10.7. The number of rotatable bonds is 1. The number of carbonyl (C=O) groups is 1. The van der Waals surface area contributed by atoms with Gasteiger partial charge in [-0.1, -0.05) is 12.1 Å². The quantitative estimate of drug-likeness (QED) is 0.828. The number of carbonyl (C=O) groups excluding carboxylic acids is 1. The minimum Gasteiger partial charge on any atom is -0.464 e. The fourth-order valence-corrected chi connectivity index (χ4v) is 3.26. The Balaban J connectivity index is 1.87. The molecular weight excluding hydrogens is 276 g/mol. The van der Waals surface area contributed by atoms with Gasteiger partial charge in [0.2, 0.25) is 0 Å². The number of benzene rings is 1. The van der Waals surface area contributed by atoms with Crippen molar-refractivity contribution in [1.82, 2.24) is 0 Å². The maximum Gasteiger partial charge on any atom is 0.163 e. The molecule has 0 saturated heterocycles. The first kappa shape index (κ1) is 13.2. The Hall–Kier alpha value is -2.49. The summed E-state index contributed by atoms with van der Waals surface area (Å²) in [5.74, 6) is 1.85. The zero-order chi connectivity index (χ0) is 15.1. The van der Waals surface area contributed by atoms with Gasteiger partial charge >= 0.3 is 0 Å². The van der Waals surface area contributed by atoms with Crippen molar-refractivity contribution in [3.05, 3.63) is 59.2 Å². The third kappa shape index (κ3) is 2.11. The van der Waals surface area contributed by atoms with E-state index in [2.05, 4.69) is 10.6 Å². The van der Waals surface area contributed by atoms with Gasteiger partial charge in [0.25, 0.3) is 0 Å². The molecule has 4 rings (SSSR count). The average Bonchev–Trinajstić information content (AvgIpc) is 2.86. The van der Waals surface area contributed by atoms with Gasteiger partial charge in [0.05, 0.1) is 11.4 Å². The van der Waals surface area contributed by atoms with Gasteiger partial charge in [0.15, 0.2) is 5.78 Å². The molecular formula is C18H18N2O2. The number of fused-ring (bicyclic) bond motifs is 1. The van der Waals surface area contributed by atoms with E-state index in [1.165, 1.54) is 0 Å². The van der Waals surface area contributed by atoms with Crippen LogP contribution in [0.15, 0.2) is 52.1 Å². The Kier molecular flexibility index (Phi) is 3.03. The summed E-state index contributed by atoms with van der Waals surface area (Å²) in [6, 6.07) is 11.7. The van der Waals surface area contributed by atoms with Crippen LogP contribution < -0.4 is 10.6 Å². The second kappa shape index (κ2) is 5.05. The molecule has 4 nitrogen and oxygen atoms in total. The number of ketones is 1. The summed E-state index contributed by atoms with van der Waals surface area (Å²) in [5.41, 5.74) is 3.84. The topological polar surface area (TPSA) is 54.3 Å². The van der Waals surface area contributed by atoms with E-state index in [0.29, 0.717) is 6.42 Å². The molecule has 112 valence electrons. The molecule has 2 aliphatic rings. The van der Waals surface area contributed by atoms with Gasteiger partial charge in [-0.3, -0.25) is 4.79 Å². The van der Waals surface area contributed by atoms with Crippen molar-refractivity contribution in [2.75, 3.05) is 10.6 Å². The summed E-state index contributed by atoms with van der Waals surface area (Å²) >= 11 is 0. The summed E-state index contributed by atoms with van der Waals surface area (Å²) in [4.78, 5) is 12.5. The first-order valence-electron chi connectivity index (χ1n) is 7.67. The van der Waals surface area contributed by atoms with E-state index in [9.17, 15) is 4.79 Å². The highest BCUT2D eigenvalue weighted by molar-refractivity contribution is 6.00. The van der Waals surface area contributed by atoms with E-state index in [1.807, 2.05) is 43.3 Å². The molecule has 1 aliphatic carbocycles. The van der Waals surface area contributed by atoms with Crippen molar-refractivity contribution in [2.45, 2.75) is 32.2 Å². The Bertz CT molecular complexity index is 773. The van der Waals surface area contributed by atoms with Crippen LogP contribution in [0.5, 0.6) is 0 Å². The van der Waals surface area contributed by atoms with Gasteiger partial charge in [-0.05, 0) is 44.0 Å². The van der Waals surface area contributed by atoms with Crippen LogP contribution in [0, 0.1) is 6.92 Å². The summed E-state index contributed by atoms with van der Waals surface area (Å²) in [7, 11) is 0. The molecule has 2 heterocycles. The number of hydrogen-bond acceptors (Lipinski definition) is 4. The number of allylic oxidation sites excluding steroid dienone is 1. The smallest absolute Gasteiger partial charge is 0.163 e. The second-order valence-electron chi connectivity index (χ2n) is 5.87. The second-order valence-corrected chi connectivity index (χ2v) is 5.87. The lowest BCUT2D eigenvalue weighted by molar-refractivity contribution is -0.116. The normalized spacial score (nSPS) is 20.6. The standard InChI is InChI=1S/C18H18N2O2/c1-11-9-10-16(22-11)18-17-14(7-4-8-15(17)21)19-12-5-2-3-6-13(12)20-18/h2-3,5-6,9-10,18-20H,4,7-8H2,1H3. The summed E-state index contributed by atoms with van der Waals surface area (Å²) < 4.78 is 5.81. The molecule has 22 heavy (non-hydrogen) atoms. The van der Waals surface area contributed by atoms with Crippen molar-refractivity contribution < 1.29 is 9.21 Å². The molecule has 1 aliphatic heterocycles. The van der Waals surface area contributed by atoms with Crippen molar-refractivity contribution in [2.24, 2.45) is 0 Å². The minimum atomic E-state index is -0.229. The number of Topliss-reactive ketones (excluding diaryl/α,β-unsaturated/α-hetero) is 1. The van der Waals surface area contributed by atoms with Crippen molar-refractivity contribution >= 4 is 17.2 Å². The van der Waals surface area contributed by atoms with Crippen molar-refractivity contribution in [1.29, 1.82) is 0 Å². The Morgan fingerprint density at radius 3 is 2.68 bits per heavy atom. The van der Waals surface area contributed by atoms with E-state index >= 15 is 0 Å². The van der Waals surface area contributed by atoms with Crippen LogP contribution in [-0.2, 0) is 4.79 Å². The van der Waals surface area contributed by atoms with Crippen LogP contribution in [0.25, 0.3) is 0 Å². The van der Waals surface area contributed by atoms with Crippen molar-refractivity contribution in [3.8, 4) is 0 Å². The van der Waals surface area contributed by atoms with Gasteiger partial charge in [-0.25, -0.2) is 0 Å². The van der Waals surface area contributed by atoms with Gasteiger partial charge in [0, 0.05) is 17.7 Å². The van der Waals surface area contributed by atoms with Crippen LogP contribution in [-0.4, -0.2) is 5.78 Å². The molecule has 1 atom stereocenters. The van der Waals surface area contributed by atoms with Gasteiger partial charge < -0.3 is 15.1 Å².